The molecule has 0 heterocycles. The highest BCUT2D eigenvalue weighted by atomic mass is 14.3. The molecule has 4 aromatic rings. The minimum absolute atomic E-state index is 1.26. The number of benzene rings is 4. The van der Waals surface area contributed by atoms with Crippen molar-refractivity contribution in [1.82, 2.24) is 0 Å². The van der Waals surface area contributed by atoms with Crippen molar-refractivity contribution < 1.29 is 0 Å². The minimum atomic E-state index is 1.26. The summed E-state index contributed by atoms with van der Waals surface area (Å²) in [5, 5.41) is 2.79. The van der Waals surface area contributed by atoms with Crippen LogP contribution in [0.1, 0.15) is 0 Å². The highest BCUT2D eigenvalue weighted by molar-refractivity contribution is 6.26. The Morgan fingerprint density at radius 2 is 1.00 bits per heavy atom. The van der Waals surface area contributed by atoms with Crippen molar-refractivity contribution >= 4 is 10.8 Å². The van der Waals surface area contributed by atoms with Crippen LogP contribution in [0.5, 0.6) is 0 Å². The Morgan fingerprint density at radius 3 is 1.73 bits per heavy atom. The lowest BCUT2D eigenvalue weighted by Crippen LogP contribution is -1.79. The molecule has 2 aliphatic carbocycles. The fourth-order valence-corrected chi connectivity index (χ4v) is 4.19. The molecule has 0 heteroatoms. The van der Waals surface area contributed by atoms with E-state index in [0.29, 0.717) is 0 Å². The van der Waals surface area contributed by atoms with Crippen LogP contribution in [-0.4, -0.2) is 0 Å². The van der Waals surface area contributed by atoms with Crippen LogP contribution < -0.4 is 0 Å². The molecule has 0 aliphatic heterocycles. The average molecular weight is 275 g/mol. The summed E-state index contributed by atoms with van der Waals surface area (Å²) in [6, 6.07) is 27.7. The Balaban J connectivity index is 1.88. The first kappa shape index (κ1) is 10.8. The van der Waals surface area contributed by atoms with Gasteiger partial charge in [-0.2, -0.15) is 0 Å². The van der Waals surface area contributed by atoms with Gasteiger partial charge in [0.15, 0.2) is 0 Å². The van der Waals surface area contributed by atoms with Gasteiger partial charge in [0.25, 0.3) is 0 Å². The lowest BCUT2D eigenvalue weighted by Gasteiger charge is -2.05. The molecule has 0 N–H and O–H groups in total. The standard InChI is InChI=1S/C22H11/c1-2-6-14-13(5-1)17-9-10-19-15-7-3-4-8-16(15)20-12-11-18(14)21(17)22(19)20/h1-11H. The molecule has 0 nitrogen and oxygen atoms in total. The highest BCUT2D eigenvalue weighted by Crippen LogP contribution is 2.55. The van der Waals surface area contributed by atoms with E-state index in [4.69, 9.17) is 0 Å². The van der Waals surface area contributed by atoms with E-state index < -0.39 is 0 Å². The maximum absolute atomic E-state index is 3.56. The molecule has 0 bridgehead atoms. The Bertz CT molecular complexity index is 941. The minimum Gasteiger partial charge on any atom is -0.0616 e. The summed E-state index contributed by atoms with van der Waals surface area (Å²) in [6.07, 6.45) is 0. The summed E-state index contributed by atoms with van der Waals surface area (Å²) in [5.74, 6) is 0. The maximum atomic E-state index is 3.56. The average Bonchev–Trinajstić information content (AvgIpc) is 3.08. The quantitative estimate of drug-likeness (QED) is 0.322. The molecule has 4 aromatic carbocycles. The molecule has 2 aliphatic rings. The van der Waals surface area contributed by atoms with Gasteiger partial charge in [0.1, 0.15) is 0 Å². The fraction of sp³-hybridized carbons (Fsp3) is 0. The van der Waals surface area contributed by atoms with E-state index in [1.807, 2.05) is 0 Å². The number of hydrogen-bond acceptors (Lipinski definition) is 0. The van der Waals surface area contributed by atoms with Gasteiger partial charge in [-0.15, -0.1) is 0 Å². The van der Waals surface area contributed by atoms with Crippen molar-refractivity contribution in [3.8, 4) is 44.5 Å². The molecular formula is C22H11. The Hall–Kier alpha value is -2.86. The Morgan fingerprint density at radius 1 is 0.455 bits per heavy atom. The van der Waals surface area contributed by atoms with E-state index in [-0.39, 0.29) is 0 Å². The molecule has 0 fully saturated rings. The molecule has 1 radical (unpaired) electrons. The summed E-state index contributed by atoms with van der Waals surface area (Å²) in [7, 11) is 0. The maximum Gasteiger partial charge on any atom is -0.000762 e. The van der Waals surface area contributed by atoms with Gasteiger partial charge in [-0.3, -0.25) is 0 Å². The number of rotatable bonds is 0. The first-order valence-electron chi connectivity index (χ1n) is 7.64. The van der Waals surface area contributed by atoms with E-state index in [1.165, 1.54) is 55.3 Å². The predicted octanol–water partition coefficient (Wildman–Crippen LogP) is 5.93. The van der Waals surface area contributed by atoms with Gasteiger partial charge in [0.2, 0.25) is 0 Å². The zero-order valence-corrected chi connectivity index (χ0v) is 11.9. The molecule has 0 atom stereocenters. The second-order valence-electron chi connectivity index (χ2n) is 6.08. The zero-order chi connectivity index (χ0) is 14.3. The van der Waals surface area contributed by atoms with Gasteiger partial charge in [-0.05, 0) is 67.4 Å². The van der Waals surface area contributed by atoms with E-state index >= 15 is 0 Å². The summed E-state index contributed by atoms with van der Waals surface area (Å²) in [4.78, 5) is 0. The van der Waals surface area contributed by atoms with Crippen molar-refractivity contribution in [2.45, 2.75) is 0 Å². The molecule has 0 saturated heterocycles. The third kappa shape index (κ3) is 1.05. The lowest BCUT2D eigenvalue weighted by atomic mass is 9.97. The molecule has 0 spiro atoms. The largest absolute Gasteiger partial charge is 0.0616 e. The monoisotopic (exact) mass is 275 g/mol. The van der Waals surface area contributed by atoms with Crippen molar-refractivity contribution in [1.29, 1.82) is 0 Å². The van der Waals surface area contributed by atoms with Crippen molar-refractivity contribution in [2.75, 3.05) is 0 Å². The van der Waals surface area contributed by atoms with Gasteiger partial charge < -0.3 is 0 Å². The fourth-order valence-electron chi connectivity index (χ4n) is 4.19. The molecule has 0 saturated carbocycles. The molecule has 0 aromatic heterocycles. The molecule has 99 valence electrons. The van der Waals surface area contributed by atoms with Crippen LogP contribution in [0.2, 0.25) is 0 Å². The first-order chi connectivity index (χ1) is 10.9. The molecule has 0 amide bonds. The van der Waals surface area contributed by atoms with Gasteiger partial charge >= 0.3 is 0 Å². The number of hydrogen-bond donors (Lipinski definition) is 0. The van der Waals surface area contributed by atoms with Crippen LogP contribution in [0.3, 0.4) is 0 Å². The summed E-state index contributed by atoms with van der Waals surface area (Å²) >= 11 is 0. The van der Waals surface area contributed by atoms with Crippen LogP contribution >= 0.6 is 0 Å². The Labute approximate surface area is 128 Å². The van der Waals surface area contributed by atoms with Crippen LogP contribution in [0.4, 0.5) is 0 Å². The Kier molecular flexibility index (Phi) is 1.71. The first-order valence-corrected chi connectivity index (χ1v) is 7.64. The van der Waals surface area contributed by atoms with Gasteiger partial charge in [-0.25, -0.2) is 0 Å². The molecule has 6 rings (SSSR count). The van der Waals surface area contributed by atoms with Gasteiger partial charge in [0.05, 0.1) is 0 Å². The van der Waals surface area contributed by atoms with Gasteiger partial charge in [0, 0.05) is 0 Å². The molecular weight excluding hydrogens is 264 g/mol. The SMILES string of the molecule is [c]1cc2c3c(ccc4c3c1-c1ccccc1-4)-c1ccccc1-2. The summed E-state index contributed by atoms with van der Waals surface area (Å²) in [6.45, 7) is 0. The van der Waals surface area contributed by atoms with E-state index in [1.54, 1.807) is 0 Å². The lowest BCUT2D eigenvalue weighted by molar-refractivity contribution is 1.67. The third-order valence-electron chi connectivity index (χ3n) is 5.08. The van der Waals surface area contributed by atoms with E-state index in [9.17, 15) is 0 Å². The second kappa shape index (κ2) is 3.48. The van der Waals surface area contributed by atoms with Crippen LogP contribution in [0.25, 0.3) is 55.3 Å². The smallest absolute Gasteiger partial charge is 0.000762 e. The van der Waals surface area contributed by atoms with Crippen molar-refractivity contribution in [2.24, 2.45) is 0 Å². The van der Waals surface area contributed by atoms with Crippen LogP contribution in [-0.2, 0) is 0 Å². The normalized spacial score (nSPS) is 12.5. The van der Waals surface area contributed by atoms with Gasteiger partial charge in [-0.1, -0.05) is 60.7 Å². The van der Waals surface area contributed by atoms with Crippen molar-refractivity contribution in [3.05, 3.63) is 72.8 Å². The zero-order valence-electron chi connectivity index (χ0n) is 11.9. The topological polar surface area (TPSA) is 0 Å². The highest BCUT2D eigenvalue weighted by Gasteiger charge is 2.28. The molecule has 22 heavy (non-hydrogen) atoms. The van der Waals surface area contributed by atoms with E-state index in [0.717, 1.165) is 0 Å². The predicted molar refractivity (Wildman–Crippen MR) is 91.6 cm³/mol. The van der Waals surface area contributed by atoms with Crippen LogP contribution in [0.15, 0.2) is 66.7 Å². The summed E-state index contributed by atoms with van der Waals surface area (Å²) in [5.41, 5.74) is 10.7. The van der Waals surface area contributed by atoms with E-state index in [2.05, 4.69) is 72.8 Å². The summed E-state index contributed by atoms with van der Waals surface area (Å²) < 4.78 is 0. The van der Waals surface area contributed by atoms with Crippen molar-refractivity contribution in [3.63, 3.8) is 0 Å². The number of fused-ring (bicyclic) bond motifs is 6. The second-order valence-corrected chi connectivity index (χ2v) is 6.08. The van der Waals surface area contributed by atoms with Crippen LogP contribution in [0, 0.1) is 6.07 Å². The third-order valence-corrected chi connectivity index (χ3v) is 5.08. The molecule has 0 unspecified atom stereocenters.